The largest absolute Gasteiger partial charge is 0.356 e. The summed E-state index contributed by atoms with van der Waals surface area (Å²) in [5, 5.41) is 0. The highest BCUT2D eigenvalue weighted by Gasteiger charge is 2.35. The van der Waals surface area contributed by atoms with Crippen LogP contribution in [0.15, 0.2) is 0 Å². The van der Waals surface area contributed by atoms with E-state index in [0.717, 1.165) is 6.42 Å². The number of hydrogen-bond acceptors (Lipinski definition) is 1. The number of terminal acetylenes is 1. The molecule has 1 fully saturated rings. The van der Waals surface area contributed by atoms with Gasteiger partial charge in [0.2, 0.25) is 0 Å². The average molecular weight is 138 g/mol. The summed E-state index contributed by atoms with van der Waals surface area (Å²) >= 11 is 0. The molecule has 2 atom stereocenters. The van der Waals surface area contributed by atoms with Crippen LogP contribution in [0.25, 0.3) is 0 Å². The van der Waals surface area contributed by atoms with E-state index in [0.29, 0.717) is 6.10 Å². The van der Waals surface area contributed by atoms with Crippen molar-refractivity contribution in [1.29, 1.82) is 0 Å². The van der Waals surface area contributed by atoms with Crippen molar-refractivity contribution in [2.24, 2.45) is 0 Å². The predicted molar refractivity (Wildman–Crippen MR) is 41.6 cm³/mol. The molecular weight excluding hydrogens is 124 g/mol. The standard InChI is InChI=1S/C9H14O/c1-3-5-6-7-9-8(4-2)10-9/h2,8-9H,3,5-7H2,1H3/t8-,9+/m1/s1. The van der Waals surface area contributed by atoms with Crippen molar-refractivity contribution in [2.45, 2.75) is 44.8 Å². The summed E-state index contributed by atoms with van der Waals surface area (Å²) in [6, 6.07) is 0. The molecular formula is C9H14O. The number of epoxide rings is 1. The van der Waals surface area contributed by atoms with Crippen molar-refractivity contribution < 1.29 is 4.74 Å². The van der Waals surface area contributed by atoms with E-state index in [1.54, 1.807) is 0 Å². The fourth-order valence-corrected chi connectivity index (χ4v) is 1.10. The van der Waals surface area contributed by atoms with Gasteiger partial charge in [0.05, 0.1) is 6.10 Å². The molecule has 56 valence electrons. The van der Waals surface area contributed by atoms with Gasteiger partial charge in [0.1, 0.15) is 6.10 Å². The van der Waals surface area contributed by atoms with E-state index in [9.17, 15) is 0 Å². The quantitative estimate of drug-likeness (QED) is 0.329. The number of hydrogen-bond donors (Lipinski definition) is 0. The van der Waals surface area contributed by atoms with Gasteiger partial charge in [-0.05, 0) is 6.42 Å². The third-order valence-corrected chi connectivity index (χ3v) is 1.84. The Morgan fingerprint density at radius 1 is 1.50 bits per heavy atom. The zero-order valence-corrected chi connectivity index (χ0v) is 6.47. The van der Waals surface area contributed by atoms with Crippen LogP contribution >= 0.6 is 0 Å². The van der Waals surface area contributed by atoms with Gasteiger partial charge in [-0.15, -0.1) is 6.42 Å². The highest BCUT2D eigenvalue weighted by Crippen LogP contribution is 2.26. The zero-order valence-electron chi connectivity index (χ0n) is 6.47. The lowest BCUT2D eigenvalue weighted by Gasteiger charge is -1.91. The maximum absolute atomic E-state index is 5.18. The topological polar surface area (TPSA) is 12.5 Å². The Balaban J connectivity index is 1.93. The van der Waals surface area contributed by atoms with Gasteiger partial charge >= 0.3 is 0 Å². The average Bonchev–Trinajstić information content (AvgIpc) is 2.68. The number of unbranched alkanes of at least 4 members (excludes halogenated alkanes) is 2. The minimum atomic E-state index is 0.150. The highest BCUT2D eigenvalue weighted by atomic mass is 16.6. The molecule has 0 aromatic carbocycles. The summed E-state index contributed by atoms with van der Waals surface area (Å²) in [6.07, 6.45) is 10.7. The van der Waals surface area contributed by atoms with Crippen LogP contribution in [-0.2, 0) is 4.74 Å². The van der Waals surface area contributed by atoms with E-state index in [1.165, 1.54) is 19.3 Å². The van der Waals surface area contributed by atoms with Crippen molar-refractivity contribution in [3.63, 3.8) is 0 Å². The first-order chi connectivity index (χ1) is 4.88. The Labute approximate surface area is 62.8 Å². The first-order valence-corrected chi connectivity index (χ1v) is 4.00. The van der Waals surface area contributed by atoms with E-state index >= 15 is 0 Å². The third-order valence-electron chi connectivity index (χ3n) is 1.84. The van der Waals surface area contributed by atoms with Crippen LogP contribution in [-0.4, -0.2) is 12.2 Å². The van der Waals surface area contributed by atoms with Crippen molar-refractivity contribution in [3.05, 3.63) is 0 Å². The molecule has 0 spiro atoms. The van der Waals surface area contributed by atoms with Crippen LogP contribution in [0.2, 0.25) is 0 Å². The van der Waals surface area contributed by atoms with E-state index < -0.39 is 0 Å². The predicted octanol–water partition coefficient (Wildman–Crippen LogP) is 1.97. The molecule has 10 heavy (non-hydrogen) atoms. The molecule has 0 aliphatic carbocycles. The number of ether oxygens (including phenoxy) is 1. The summed E-state index contributed by atoms with van der Waals surface area (Å²) in [6.45, 7) is 2.20. The van der Waals surface area contributed by atoms with Gasteiger partial charge in [0.25, 0.3) is 0 Å². The van der Waals surface area contributed by atoms with Crippen LogP contribution in [0, 0.1) is 12.3 Å². The van der Waals surface area contributed by atoms with Crippen LogP contribution in [0.3, 0.4) is 0 Å². The third kappa shape index (κ3) is 2.04. The molecule has 0 unspecified atom stereocenters. The van der Waals surface area contributed by atoms with Crippen molar-refractivity contribution >= 4 is 0 Å². The Morgan fingerprint density at radius 3 is 2.80 bits per heavy atom. The lowest BCUT2D eigenvalue weighted by molar-refractivity contribution is 0.376. The molecule has 0 aromatic heterocycles. The number of rotatable bonds is 4. The molecule has 0 N–H and O–H groups in total. The molecule has 0 aromatic rings. The van der Waals surface area contributed by atoms with Gasteiger partial charge in [-0.3, -0.25) is 0 Å². The summed E-state index contributed by atoms with van der Waals surface area (Å²) in [5.74, 6) is 2.59. The van der Waals surface area contributed by atoms with Gasteiger partial charge in [0.15, 0.2) is 0 Å². The van der Waals surface area contributed by atoms with Gasteiger partial charge in [-0.2, -0.15) is 0 Å². The van der Waals surface area contributed by atoms with Crippen molar-refractivity contribution in [2.75, 3.05) is 0 Å². The van der Waals surface area contributed by atoms with Crippen LogP contribution < -0.4 is 0 Å². The Kier molecular flexibility index (Phi) is 2.77. The lowest BCUT2D eigenvalue weighted by Crippen LogP contribution is -1.89. The monoisotopic (exact) mass is 138 g/mol. The molecule has 0 bridgehead atoms. The zero-order chi connectivity index (χ0) is 7.40. The fourth-order valence-electron chi connectivity index (χ4n) is 1.10. The van der Waals surface area contributed by atoms with E-state index in [4.69, 9.17) is 11.2 Å². The van der Waals surface area contributed by atoms with Crippen molar-refractivity contribution in [1.82, 2.24) is 0 Å². The van der Waals surface area contributed by atoms with Crippen LogP contribution in [0.5, 0.6) is 0 Å². The molecule has 1 saturated heterocycles. The molecule has 1 aliphatic rings. The van der Waals surface area contributed by atoms with Gasteiger partial charge in [-0.1, -0.05) is 32.1 Å². The molecule has 0 saturated carbocycles. The smallest absolute Gasteiger partial charge is 0.144 e. The molecule has 1 heterocycles. The SMILES string of the molecule is C#C[C@H]1O[C@H]1CCCCC. The summed E-state index contributed by atoms with van der Waals surface area (Å²) in [7, 11) is 0. The second-order valence-corrected chi connectivity index (χ2v) is 2.76. The minimum absolute atomic E-state index is 0.150. The second-order valence-electron chi connectivity index (χ2n) is 2.76. The first kappa shape index (κ1) is 7.63. The lowest BCUT2D eigenvalue weighted by atomic mass is 10.1. The molecule has 0 amide bonds. The van der Waals surface area contributed by atoms with E-state index in [2.05, 4.69) is 12.8 Å². The summed E-state index contributed by atoms with van der Waals surface area (Å²) in [5.41, 5.74) is 0. The van der Waals surface area contributed by atoms with Gasteiger partial charge in [-0.25, -0.2) is 0 Å². The first-order valence-electron chi connectivity index (χ1n) is 4.00. The maximum atomic E-state index is 5.18. The van der Waals surface area contributed by atoms with Gasteiger partial charge < -0.3 is 4.74 Å². The molecule has 1 nitrogen and oxygen atoms in total. The normalized spacial score (nSPS) is 29.6. The highest BCUT2D eigenvalue weighted by molar-refractivity contribution is 5.07. The van der Waals surface area contributed by atoms with E-state index in [-0.39, 0.29) is 6.10 Å². The van der Waals surface area contributed by atoms with Gasteiger partial charge in [0, 0.05) is 0 Å². The van der Waals surface area contributed by atoms with E-state index in [1.807, 2.05) is 0 Å². The fraction of sp³-hybridized carbons (Fsp3) is 0.778. The van der Waals surface area contributed by atoms with Crippen molar-refractivity contribution in [3.8, 4) is 12.3 Å². The van der Waals surface area contributed by atoms with Crippen LogP contribution in [0.1, 0.15) is 32.6 Å². The van der Waals surface area contributed by atoms with Crippen LogP contribution in [0.4, 0.5) is 0 Å². The summed E-state index contributed by atoms with van der Waals surface area (Å²) in [4.78, 5) is 0. The Morgan fingerprint density at radius 2 is 2.30 bits per heavy atom. The molecule has 1 rings (SSSR count). The molecule has 1 heteroatoms. The Bertz CT molecular complexity index is 134. The Hall–Kier alpha value is -0.480. The maximum Gasteiger partial charge on any atom is 0.144 e. The molecule has 1 aliphatic heterocycles. The molecule has 0 radical (unpaired) electrons. The minimum Gasteiger partial charge on any atom is -0.356 e. The summed E-state index contributed by atoms with van der Waals surface area (Å²) < 4.78 is 5.18. The second kappa shape index (κ2) is 3.63.